The molecular weight excluding hydrogens is 302 g/mol. The van der Waals surface area contributed by atoms with Crippen molar-refractivity contribution >= 4 is 27.5 Å². The van der Waals surface area contributed by atoms with E-state index in [4.69, 9.17) is 0 Å². The van der Waals surface area contributed by atoms with Crippen molar-refractivity contribution in [2.45, 2.75) is 52.4 Å². The van der Waals surface area contributed by atoms with Crippen molar-refractivity contribution in [1.82, 2.24) is 0 Å². The number of nitrogens with one attached hydrogen (secondary N) is 1. The minimum absolute atomic E-state index is 0.106. The van der Waals surface area contributed by atoms with E-state index in [1.54, 1.807) is 0 Å². The molecule has 0 saturated heterocycles. The van der Waals surface area contributed by atoms with Crippen LogP contribution in [0.25, 0.3) is 0 Å². The number of para-hydroxylation sites is 1. The van der Waals surface area contributed by atoms with Crippen LogP contribution >= 0.6 is 15.9 Å². The van der Waals surface area contributed by atoms with E-state index in [1.165, 1.54) is 11.1 Å². The van der Waals surface area contributed by atoms with Crippen molar-refractivity contribution in [2.24, 2.45) is 0 Å². The van der Waals surface area contributed by atoms with Gasteiger partial charge in [-0.3, -0.25) is 4.79 Å². The molecule has 0 aliphatic rings. The highest BCUT2D eigenvalue weighted by atomic mass is 79.9. The lowest BCUT2D eigenvalue weighted by Gasteiger charge is -2.20. The smallest absolute Gasteiger partial charge is 0.224 e. The summed E-state index contributed by atoms with van der Waals surface area (Å²) in [4.78, 5) is 12.0. The first kappa shape index (κ1) is 16.2. The fraction of sp³-hybridized carbons (Fsp3) is 0.562. The quantitative estimate of drug-likeness (QED) is 0.729. The molecule has 1 N–H and O–H groups in total. The highest BCUT2D eigenvalue weighted by Gasteiger charge is 2.15. The number of halogens is 1. The molecule has 0 heterocycles. The van der Waals surface area contributed by atoms with Crippen molar-refractivity contribution in [3.8, 4) is 0 Å². The van der Waals surface area contributed by atoms with Crippen LogP contribution in [0.5, 0.6) is 0 Å². The molecule has 0 saturated carbocycles. The summed E-state index contributed by atoms with van der Waals surface area (Å²) in [5, 5.41) is 3.98. The molecule has 2 nitrogen and oxygen atoms in total. The number of hydrogen-bond donors (Lipinski definition) is 1. The Morgan fingerprint density at radius 2 is 1.68 bits per heavy atom. The highest BCUT2D eigenvalue weighted by Crippen LogP contribution is 2.32. The van der Waals surface area contributed by atoms with E-state index in [1.807, 2.05) is 0 Å². The summed E-state index contributed by atoms with van der Waals surface area (Å²) in [6, 6.07) is 6.30. The van der Waals surface area contributed by atoms with Crippen molar-refractivity contribution in [1.29, 1.82) is 0 Å². The van der Waals surface area contributed by atoms with Gasteiger partial charge in [0.1, 0.15) is 0 Å². The molecule has 0 aliphatic heterocycles. The Bertz CT molecular complexity index is 401. The van der Waals surface area contributed by atoms with Crippen LogP contribution in [0.2, 0.25) is 0 Å². The van der Waals surface area contributed by atoms with Crippen LogP contribution in [0.15, 0.2) is 18.2 Å². The van der Waals surface area contributed by atoms with Gasteiger partial charge < -0.3 is 5.32 Å². The van der Waals surface area contributed by atoms with Crippen LogP contribution in [0.4, 0.5) is 5.69 Å². The number of benzene rings is 1. The van der Waals surface area contributed by atoms with Gasteiger partial charge in [-0.1, -0.05) is 61.8 Å². The van der Waals surface area contributed by atoms with Gasteiger partial charge in [-0.15, -0.1) is 0 Å². The van der Waals surface area contributed by atoms with Crippen molar-refractivity contribution in [3.63, 3.8) is 0 Å². The van der Waals surface area contributed by atoms with Crippen LogP contribution < -0.4 is 5.32 Å². The van der Waals surface area contributed by atoms with E-state index in [9.17, 15) is 4.79 Å². The molecule has 0 atom stereocenters. The van der Waals surface area contributed by atoms with Gasteiger partial charge in [0.05, 0.1) is 0 Å². The number of anilines is 1. The highest BCUT2D eigenvalue weighted by molar-refractivity contribution is 9.09. The Balaban J connectivity index is 3.04. The minimum Gasteiger partial charge on any atom is -0.326 e. The summed E-state index contributed by atoms with van der Waals surface area (Å²) < 4.78 is 0. The lowest BCUT2D eigenvalue weighted by Crippen LogP contribution is -2.15. The van der Waals surface area contributed by atoms with E-state index >= 15 is 0 Å². The van der Waals surface area contributed by atoms with Gasteiger partial charge in [-0.05, 0) is 29.4 Å². The Morgan fingerprint density at radius 3 is 2.11 bits per heavy atom. The van der Waals surface area contributed by atoms with Crippen molar-refractivity contribution in [3.05, 3.63) is 29.3 Å². The summed E-state index contributed by atoms with van der Waals surface area (Å²) in [5.74, 6) is 0.921. The molecule has 1 aromatic rings. The summed E-state index contributed by atoms with van der Waals surface area (Å²) in [7, 11) is 0. The second-order valence-corrected chi connectivity index (χ2v) is 6.25. The number of carbonyl (C=O) groups excluding carboxylic acids is 1. The molecule has 0 aromatic heterocycles. The molecule has 0 fully saturated rings. The minimum atomic E-state index is 0.106. The molecule has 1 rings (SSSR count). The third-order valence-electron chi connectivity index (χ3n) is 3.17. The second-order valence-electron chi connectivity index (χ2n) is 5.46. The number of hydrogen-bond acceptors (Lipinski definition) is 1. The van der Waals surface area contributed by atoms with Crippen molar-refractivity contribution < 1.29 is 4.79 Å². The lowest BCUT2D eigenvalue weighted by atomic mass is 9.92. The Morgan fingerprint density at radius 1 is 1.16 bits per heavy atom. The van der Waals surface area contributed by atoms with Crippen LogP contribution in [0, 0.1) is 0 Å². The average Bonchev–Trinajstić information content (AvgIpc) is 2.35. The maximum Gasteiger partial charge on any atom is 0.224 e. The van der Waals surface area contributed by atoms with Crippen LogP contribution in [-0.4, -0.2) is 11.2 Å². The first-order valence-electron chi connectivity index (χ1n) is 6.96. The maximum atomic E-state index is 12.0. The van der Waals surface area contributed by atoms with Crippen LogP contribution in [0.3, 0.4) is 0 Å². The number of amides is 1. The summed E-state index contributed by atoms with van der Waals surface area (Å²) in [5.41, 5.74) is 3.46. The zero-order chi connectivity index (χ0) is 14.4. The van der Waals surface area contributed by atoms with Crippen molar-refractivity contribution in [2.75, 3.05) is 10.6 Å². The van der Waals surface area contributed by atoms with Crippen LogP contribution in [0.1, 0.15) is 63.5 Å². The molecule has 1 aromatic carbocycles. The standard InChI is InChI=1S/C16H24BrNO/c1-11(2)13-7-5-8-14(12(3)4)16(13)18-15(19)9-6-10-17/h5,7-8,11-12H,6,9-10H2,1-4H3,(H,18,19). The Kier molecular flexibility index (Phi) is 6.56. The zero-order valence-corrected chi connectivity index (χ0v) is 13.9. The molecule has 0 radical (unpaired) electrons. The molecule has 0 bridgehead atoms. The lowest BCUT2D eigenvalue weighted by molar-refractivity contribution is -0.116. The third-order valence-corrected chi connectivity index (χ3v) is 3.74. The summed E-state index contributed by atoms with van der Waals surface area (Å²) in [6.07, 6.45) is 1.43. The van der Waals surface area contributed by atoms with E-state index in [0.29, 0.717) is 18.3 Å². The number of rotatable bonds is 6. The monoisotopic (exact) mass is 325 g/mol. The van der Waals surface area contributed by atoms with Gasteiger partial charge in [0.25, 0.3) is 0 Å². The zero-order valence-electron chi connectivity index (χ0n) is 12.3. The molecule has 0 aliphatic carbocycles. The molecule has 106 valence electrons. The van der Waals surface area contributed by atoms with Gasteiger partial charge in [-0.2, -0.15) is 0 Å². The first-order valence-corrected chi connectivity index (χ1v) is 8.08. The molecule has 19 heavy (non-hydrogen) atoms. The topological polar surface area (TPSA) is 29.1 Å². The molecule has 3 heteroatoms. The van der Waals surface area contributed by atoms with E-state index in [-0.39, 0.29) is 5.91 Å². The third kappa shape index (κ3) is 4.64. The maximum absolute atomic E-state index is 12.0. The van der Waals surface area contributed by atoms with E-state index in [0.717, 1.165) is 17.4 Å². The van der Waals surface area contributed by atoms with Crippen LogP contribution in [-0.2, 0) is 4.79 Å². The predicted molar refractivity (Wildman–Crippen MR) is 86.3 cm³/mol. The summed E-state index contributed by atoms with van der Waals surface area (Å²) in [6.45, 7) is 8.64. The molecule has 0 spiro atoms. The normalized spacial score (nSPS) is 11.1. The summed E-state index contributed by atoms with van der Waals surface area (Å²) >= 11 is 3.36. The molecular formula is C16H24BrNO. The molecule has 0 unspecified atom stereocenters. The molecule has 1 amide bonds. The predicted octanol–water partition coefficient (Wildman–Crippen LogP) is 5.05. The fourth-order valence-electron chi connectivity index (χ4n) is 2.12. The first-order chi connectivity index (χ1) is 8.97. The van der Waals surface area contributed by atoms with Gasteiger partial charge in [0.2, 0.25) is 5.91 Å². The van der Waals surface area contributed by atoms with Gasteiger partial charge in [0.15, 0.2) is 0 Å². The van der Waals surface area contributed by atoms with E-state index < -0.39 is 0 Å². The fourth-order valence-corrected chi connectivity index (χ4v) is 2.41. The van der Waals surface area contributed by atoms with Gasteiger partial charge >= 0.3 is 0 Å². The average molecular weight is 326 g/mol. The number of carbonyl (C=O) groups is 1. The van der Waals surface area contributed by atoms with Gasteiger partial charge in [-0.25, -0.2) is 0 Å². The van der Waals surface area contributed by atoms with E-state index in [2.05, 4.69) is 67.1 Å². The number of alkyl halides is 1. The largest absolute Gasteiger partial charge is 0.326 e. The SMILES string of the molecule is CC(C)c1cccc(C(C)C)c1NC(=O)CCCBr. The second kappa shape index (κ2) is 7.68. The van der Waals surface area contributed by atoms with Gasteiger partial charge in [0, 0.05) is 17.4 Å². The Hall–Kier alpha value is -0.830. The Labute approximate surface area is 125 Å².